The van der Waals surface area contributed by atoms with Crippen LogP contribution in [0.3, 0.4) is 0 Å². The lowest BCUT2D eigenvalue weighted by Gasteiger charge is -2.24. The Labute approximate surface area is 114 Å². The third-order valence-electron chi connectivity index (χ3n) is 3.26. The van der Waals surface area contributed by atoms with Crippen LogP contribution in [0.1, 0.15) is 24.2 Å². The first-order valence-electron chi connectivity index (χ1n) is 6.52. The zero-order valence-corrected chi connectivity index (χ0v) is 11.7. The van der Waals surface area contributed by atoms with Gasteiger partial charge in [-0.1, -0.05) is 12.1 Å². The summed E-state index contributed by atoms with van der Waals surface area (Å²) in [5, 5.41) is 3.17. The van der Waals surface area contributed by atoms with Crippen molar-refractivity contribution >= 4 is 5.70 Å². The van der Waals surface area contributed by atoms with Crippen molar-refractivity contribution in [1.82, 2.24) is 5.32 Å². The van der Waals surface area contributed by atoms with Gasteiger partial charge in [0.2, 0.25) is 0 Å². The van der Waals surface area contributed by atoms with Crippen LogP contribution in [0.15, 0.2) is 24.3 Å². The number of nitrogens with one attached hydrogen (secondary N) is 1. The largest absolute Gasteiger partial charge is 0.496 e. The Balaban J connectivity index is 2.29. The lowest BCUT2D eigenvalue weighted by Crippen LogP contribution is -2.22. The van der Waals surface area contributed by atoms with E-state index < -0.39 is 0 Å². The molecule has 4 heteroatoms. The van der Waals surface area contributed by atoms with Crippen molar-refractivity contribution in [2.24, 2.45) is 0 Å². The highest BCUT2D eigenvalue weighted by Crippen LogP contribution is 2.30. The number of allylic oxidation sites excluding steroid dienone is 1. The zero-order valence-electron chi connectivity index (χ0n) is 11.7. The van der Waals surface area contributed by atoms with E-state index in [1.54, 1.807) is 7.11 Å². The van der Waals surface area contributed by atoms with Gasteiger partial charge in [0.25, 0.3) is 0 Å². The summed E-state index contributed by atoms with van der Waals surface area (Å²) in [6.07, 6.45) is 2.03. The van der Waals surface area contributed by atoms with E-state index in [0.29, 0.717) is 19.8 Å². The Morgan fingerprint density at radius 2 is 2.26 bits per heavy atom. The first kappa shape index (κ1) is 13.9. The van der Waals surface area contributed by atoms with Gasteiger partial charge < -0.3 is 19.5 Å². The van der Waals surface area contributed by atoms with Crippen molar-refractivity contribution in [2.45, 2.75) is 13.0 Å². The highest BCUT2D eigenvalue weighted by atomic mass is 16.6. The summed E-state index contributed by atoms with van der Waals surface area (Å²) in [5.74, 6) is 0.842. The van der Waals surface area contributed by atoms with Gasteiger partial charge in [-0.2, -0.15) is 0 Å². The molecule has 1 aromatic carbocycles. The van der Waals surface area contributed by atoms with Crippen molar-refractivity contribution in [3.8, 4) is 5.75 Å². The van der Waals surface area contributed by atoms with Crippen LogP contribution >= 0.6 is 0 Å². The van der Waals surface area contributed by atoms with E-state index in [1.807, 2.05) is 26.1 Å². The van der Waals surface area contributed by atoms with E-state index in [2.05, 4.69) is 17.4 Å². The molecule has 0 aromatic heterocycles. The number of ether oxygens (including phenoxy) is 3. The second kappa shape index (κ2) is 6.59. The van der Waals surface area contributed by atoms with E-state index in [-0.39, 0.29) is 6.10 Å². The fourth-order valence-corrected chi connectivity index (χ4v) is 2.25. The highest BCUT2D eigenvalue weighted by molar-refractivity contribution is 5.69. The van der Waals surface area contributed by atoms with E-state index in [1.165, 1.54) is 0 Å². The summed E-state index contributed by atoms with van der Waals surface area (Å²) in [6, 6.07) is 6.14. The molecule has 2 rings (SSSR count). The predicted octanol–water partition coefficient (Wildman–Crippen LogP) is 2.36. The summed E-state index contributed by atoms with van der Waals surface area (Å²) in [6.45, 7) is 3.92. The summed E-state index contributed by atoms with van der Waals surface area (Å²) >= 11 is 0. The smallest absolute Gasteiger partial charge is 0.128 e. The third kappa shape index (κ3) is 3.08. The number of hydrogen-bond donors (Lipinski definition) is 1. The molecular weight excluding hydrogens is 242 g/mol. The SMILES string of the molecule is C/C=C(\NC)c1ccc(C2COCCO2)cc1OC. The number of hydrogen-bond acceptors (Lipinski definition) is 4. The Kier molecular flexibility index (Phi) is 4.82. The molecule has 1 N–H and O–H groups in total. The van der Waals surface area contributed by atoms with Gasteiger partial charge in [0.15, 0.2) is 0 Å². The molecule has 0 bridgehead atoms. The van der Waals surface area contributed by atoms with Gasteiger partial charge in [0.05, 0.1) is 26.9 Å². The van der Waals surface area contributed by atoms with E-state index in [9.17, 15) is 0 Å². The first-order chi connectivity index (χ1) is 9.30. The Morgan fingerprint density at radius 1 is 1.42 bits per heavy atom. The number of methoxy groups -OCH3 is 1. The minimum absolute atomic E-state index is 0.000317. The minimum atomic E-state index is 0.000317. The highest BCUT2D eigenvalue weighted by Gasteiger charge is 2.18. The first-order valence-corrected chi connectivity index (χ1v) is 6.52. The van der Waals surface area contributed by atoms with Gasteiger partial charge in [-0.25, -0.2) is 0 Å². The molecule has 0 amide bonds. The molecule has 4 nitrogen and oxygen atoms in total. The number of benzene rings is 1. The maximum absolute atomic E-state index is 5.71. The van der Waals surface area contributed by atoms with Crippen molar-refractivity contribution in [3.63, 3.8) is 0 Å². The Morgan fingerprint density at radius 3 is 2.84 bits per heavy atom. The van der Waals surface area contributed by atoms with Crippen LogP contribution in [0.2, 0.25) is 0 Å². The average molecular weight is 263 g/mol. The second-order valence-electron chi connectivity index (χ2n) is 4.35. The molecule has 19 heavy (non-hydrogen) atoms. The van der Waals surface area contributed by atoms with Gasteiger partial charge in [0.1, 0.15) is 11.9 Å². The summed E-state index contributed by atoms with van der Waals surface area (Å²) in [5.41, 5.74) is 3.18. The maximum atomic E-state index is 5.71. The van der Waals surface area contributed by atoms with E-state index >= 15 is 0 Å². The molecule has 1 aliphatic heterocycles. The van der Waals surface area contributed by atoms with Crippen molar-refractivity contribution in [3.05, 3.63) is 35.4 Å². The van der Waals surface area contributed by atoms with Crippen LogP contribution in [0, 0.1) is 0 Å². The minimum Gasteiger partial charge on any atom is -0.496 e. The quantitative estimate of drug-likeness (QED) is 0.905. The normalized spacial score (nSPS) is 20.2. The molecular formula is C15H21NO3. The fraction of sp³-hybridized carbons (Fsp3) is 0.467. The van der Waals surface area contributed by atoms with Crippen LogP contribution in [0.25, 0.3) is 5.70 Å². The van der Waals surface area contributed by atoms with Gasteiger partial charge in [-0.15, -0.1) is 0 Å². The van der Waals surface area contributed by atoms with Crippen LogP contribution in [-0.4, -0.2) is 34.0 Å². The van der Waals surface area contributed by atoms with Gasteiger partial charge >= 0.3 is 0 Å². The lowest BCUT2D eigenvalue weighted by atomic mass is 10.0. The van der Waals surface area contributed by atoms with Crippen LogP contribution in [0.5, 0.6) is 5.75 Å². The van der Waals surface area contributed by atoms with Crippen LogP contribution < -0.4 is 10.1 Å². The number of rotatable bonds is 4. The second-order valence-corrected chi connectivity index (χ2v) is 4.35. The van der Waals surface area contributed by atoms with Gasteiger partial charge in [-0.05, 0) is 24.6 Å². The molecule has 0 spiro atoms. The average Bonchev–Trinajstić information content (AvgIpc) is 2.49. The molecule has 104 valence electrons. The fourth-order valence-electron chi connectivity index (χ4n) is 2.25. The van der Waals surface area contributed by atoms with E-state index in [4.69, 9.17) is 14.2 Å². The predicted molar refractivity (Wildman–Crippen MR) is 75.2 cm³/mol. The molecule has 0 radical (unpaired) electrons. The molecule has 0 aliphatic carbocycles. The summed E-state index contributed by atoms with van der Waals surface area (Å²) < 4.78 is 16.6. The zero-order chi connectivity index (χ0) is 13.7. The molecule has 1 saturated heterocycles. The maximum Gasteiger partial charge on any atom is 0.128 e. The van der Waals surface area contributed by atoms with E-state index in [0.717, 1.165) is 22.6 Å². The summed E-state index contributed by atoms with van der Waals surface area (Å²) in [4.78, 5) is 0. The topological polar surface area (TPSA) is 39.7 Å². The lowest BCUT2D eigenvalue weighted by molar-refractivity contribution is -0.0901. The third-order valence-corrected chi connectivity index (χ3v) is 3.26. The van der Waals surface area contributed by atoms with Crippen molar-refractivity contribution in [2.75, 3.05) is 34.0 Å². The van der Waals surface area contributed by atoms with Gasteiger partial charge in [-0.3, -0.25) is 0 Å². The molecule has 1 fully saturated rings. The molecule has 1 aliphatic rings. The molecule has 1 aromatic rings. The van der Waals surface area contributed by atoms with Crippen LogP contribution in [0.4, 0.5) is 0 Å². The molecule has 0 saturated carbocycles. The van der Waals surface area contributed by atoms with Crippen molar-refractivity contribution in [1.29, 1.82) is 0 Å². The van der Waals surface area contributed by atoms with Crippen molar-refractivity contribution < 1.29 is 14.2 Å². The standard InChI is InChI=1S/C15H21NO3/c1-4-13(16-2)12-6-5-11(9-14(12)17-3)15-10-18-7-8-19-15/h4-6,9,15-16H,7-8,10H2,1-3H3/b13-4-. The van der Waals surface area contributed by atoms with Crippen LogP contribution in [-0.2, 0) is 9.47 Å². The molecule has 1 atom stereocenters. The summed E-state index contributed by atoms with van der Waals surface area (Å²) in [7, 11) is 3.59. The monoisotopic (exact) mass is 263 g/mol. The van der Waals surface area contributed by atoms with Gasteiger partial charge in [0, 0.05) is 18.3 Å². The Hall–Kier alpha value is -1.52. The molecule has 1 unspecified atom stereocenters. The molecule has 1 heterocycles. The Bertz CT molecular complexity index is 451.